The zero-order valence-corrected chi connectivity index (χ0v) is 12.3. The van der Waals surface area contributed by atoms with Crippen molar-refractivity contribution in [2.45, 2.75) is 6.18 Å². The second-order valence-corrected chi connectivity index (χ2v) is 5.32. The fraction of sp³-hybridized carbons (Fsp3) is 0.0714. The second-order valence-electron chi connectivity index (χ2n) is 4.91. The molecule has 0 atom stereocenters. The number of imide groups is 1. The van der Waals surface area contributed by atoms with Crippen molar-refractivity contribution in [1.29, 1.82) is 0 Å². The minimum Gasteiger partial charge on any atom is -0.384 e. The van der Waals surface area contributed by atoms with Crippen LogP contribution in [0.2, 0.25) is 5.02 Å². The summed E-state index contributed by atoms with van der Waals surface area (Å²) >= 11 is 5.85. The van der Waals surface area contributed by atoms with Crippen molar-refractivity contribution in [2.24, 2.45) is 0 Å². The summed E-state index contributed by atoms with van der Waals surface area (Å²) in [5, 5.41) is 1.54. The number of hydrogen-bond acceptors (Lipinski definition) is 4. The number of pyridine rings is 1. The Labute approximate surface area is 136 Å². The number of rotatable bonds is 1. The van der Waals surface area contributed by atoms with Crippen LogP contribution < -0.4 is 16.6 Å². The Hall–Kier alpha value is -2.81. The number of halogens is 4. The molecule has 2 aromatic rings. The van der Waals surface area contributed by atoms with Gasteiger partial charge in [-0.2, -0.15) is 13.2 Å². The van der Waals surface area contributed by atoms with Crippen LogP contribution in [0.25, 0.3) is 5.69 Å². The largest absolute Gasteiger partial charge is 0.418 e. The Kier molecular flexibility index (Phi) is 3.41. The minimum atomic E-state index is -4.82. The van der Waals surface area contributed by atoms with Crippen LogP contribution in [0.1, 0.15) is 26.3 Å². The van der Waals surface area contributed by atoms with E-state index < -0.39 is 40.6 Å². The Morgan fingerprint density at radius 1 is 1.12 bits per heavy atom. The first-order valence-electron chi connectivity index (χ1n) is 6.40. The predicted octanol–water partition coefficient (Wildman–Crippen LogP) is 1.98. The topological polar surface area (TPSA) is 94.2 Å². The molecular weight excluding hydrogens is 351 g/mol. The van der Waals surface area contributed by atoms with E-state index in [4.69, 9.17) is 17.3 Å². The smallest absolute Gasteiger partial charge is 0.384 e. The van der Waals surface area contributed by atoms with Gasteiger partial charge in [-0.3, -0.25) is 24.3 Å². The van der Waals surface area contributed by atoms with Gasteiger partial charge in [-0.25, -0.2) is 0 Å². The molecule has 3 rings (SSSR count). The molecule has 124 valence electrons. The van der Waals surface area contributed by atoms with Crippen LogP contribution in [-0.2, 0) is 6.18 Å². The number of fused-ring (bicyclic) bond motifs is 1. The van der Waals surface area contributed by atoms with E-state index in [0.717, 1.165) is 24.3 Å². The molecule has 0 unspecified atom stereocenters. The zero-order valence-electron chi connectivity index (χ0n) is 11.6. The molecule has 0 fully saturated rings. The van der Waals surface area contributed by atoms with Crippen LogP contribution in [0.5, 0.6) is 0 Å². The molecule has 2 amide bonds. The number of carbonyl (C=O) groups excluding carboxylic acids is 2. The molecule has 0 aliphatic carbocycles. The molecule has 3 N–H and O–H groups in total. The van der Waals surface area contributed by atoms with Crippen molar-refractivity contribution in [3.05, 3.63) is 56.3 Å². The quantitative estimate of drug-likeness (QED) is 0.763. The molecule has 1 aliphatic rings. The molecule has 0 spiro atoms. The summed E-state index contributed by atoms with van der Waals surface area (Å²) < 4.78 is 40.2. The summed E-state index contributed by atoms with van der Waals surface area (Å²) in [6.45, 7) is 0. The van der Waals surface area contributed by atoms with Crippen LogP contribution in [-0.4, -0.2) is 16.4 Å². The first-order chi connectivity index (χ1) is 11.1. The van der Waals surface area contributed by atoms with E-state index in [1.165, 1.54) is 0 Å². The number of para-hydroxylation sites is 1. The maximum absolute atomic E-state index is 13.2. The van der Waals surface area contributed by atoms with Gasteiger partial charge < -0.3 is 5.73 Å². The van der Waals surface area contributed by atoms with Crippen LogP contribution >= 0.6 is 11.6 Å². The highest BCUT2D eigenvalue weighted by molar-refractivity contribution is 6.32. The third kappa shape index (κ3) is 2.24. The van der Waals surface area contributed by atoms with Gasteiger partial charge in [0, 0.05) is 6.07 Å². The predicted molar refractivity (Wildman–Crippen MR) is 78.3 cm³/mol. The van der Waals surface area contributed by atoms with E-state index in [1.807, 2.05) is 5.32 Å². The third-order valence-corrected chi connectivity index (χ3v) is 3.77. The fourth-order valence-electron chi connectivity index (χ4n) is 2.48. The number of aromatic nitrogens is 1. The molecular formula is C14H7ClF3N3O3. The molecule has 1 aromatic heterocycles. The highest BCUT2D eigenvalue weighted by atomic mass is 35.5. The SMILES string of the molecule is Nc1c2c(cc(=O)n1-c1c(Cl)cccc1C(F)(F)F)C(=O)NC2=O. The van der Waals surface area contributed by atoms with E-state index in [1.54, 1.807) is 0 Å². The van der Waals surface area contributed by atoms with Crippen molar-refractivity contribution in [3.63, 3.8) is 0 Å². The number of carbonyl (C=O) groups is 2. The maximum atomic E-state index is 13.2. The Balaban J connectivity index is 2.43. The average Bonchev–Trinajstić information content (AvgIpc) is 2.74. The number of nitrogens with one attached hydrogen (secondary N) is 1. The lowest BCUT2D eigenvalue weighted by Crippen LogP contribution is -2.26. The molecule has 0 saturated carbocycles. The second kappa shape index (κ2) is 5.10. The number of nitrogens with zero attached hydrogens (tertiary/aromatic N) is 1. The highest BCUT2D eigenvalue weighted by Crippen LogP contribution is 2.38. The Morgan fingerprint density at radius 3 is 2.42 bits per heavy atom. The number of nitrogen functional groups attached to an aromatic ring is 1. The first kappa shape index (κ1) is 16.1. The Bertz CT molecular complexity index is 966. The van der Waals surface area contributed by atoms with Crippen LogP contribution in [0.3, 0.4) is 0 Å². The average molecular weight is 358 g/mol. The van der Waals surface area contributed by atoms with Crippen molar-refractivity contribution in [3.8, 4) is 5.69 Å². The lowest BCUT2D eigenvalue weighted by atomic mass is 10.1. The minimum absolute atomic E-state index is 0.292. The number of hydrogen-bond donors (Lipinski definition) is 2. The summed E-state index contributed by atoms with van der Waals surface area (Å²) in [5.41, 5.74) is 2.14. The van der Waals surface area contributed by atoms with Gasteiger partial charge in [0.1, 0.15) is 5.82 Å². The molecule has 1 aliphatic heterocycles. The molecule has 1 aromatic carbocycles. The lowest BCUT2D eigenvalue weighted by molar-refractivity contribution is -0.137. The summed E-state index contributed by atoms with van der Waals surface area (Å²) in [6.07, 6.45) is -4.82. The van der Waals surface area contributed by atoms with Gasteiger partial charge in [-0.05, 0) is 12.1 Å². The summed E-state index contributed by atoms with van der Waals surface area (Å²) in [5.74, 6) is -2.34. The third-order valence-electron chi connectivity index (χ3n) is 3.47. The molecule has 0 saturated heterocycles. The molecule has 0 radical (unpaired) electrons. The fourth-order valence-corrected chi connectivity index (χ4v) is 2.74. The van der Waals surface area contributed by atoms with Gasteiger partial charge in [-0.15, -0.1) is 0 Å². The van der Waals surface area contributed by atoms with E-state index in [-0.39, 0.29) is 16.1 Å². The molecule has 0 bridgehead atoms. The molecule has 2 heterocycles. The highest BCUT2D eigenvalue weighted by Gasteiger charge is 2.37. The van der Waals surface area contributed by atoms with Gasteiger partial charge in [0.25, 0.3) is 17.4 Å². The van der Waals surface area contributed by atoms with Crippen molar-refractivity contribution < 1.29 is 22.8 Å². The van der Waals surface area contributed by atoms with Crippen molar-refractivity contribution in [1.82, 2.24) is 9.88 Å². The monoisotopic (exact) mass is 357 g/mol. The van der Waals surface area contributed by atoms with E-state index in [9.17, 15) is 27.6 Å². The summed E-state index contributed by atoms with van der Waals surface area (Å²) in [6, 6.07) is 3.69. The molecule has 24 heavy (non-hydrogen) atoms. The maximum Gasteiger partial charge on any atom is 0.418 e. The first-order valence-corrected chi connectivity index (χ1v) is 6.78. The van der Waals surface area contributed by atoms with Crippen LogP contribution in [0, 0.1) is 0 Å². The van der Waals surface area contributed by atoms with Crippen LogP contribution in [0.4, 0.5) is 19.0 Å². The van der Waals surface area contributed by atoms with Crippen molar-refractivity contribution >= 4 is 29.2 Å². The van der Waals surface area contributed by atoms with E-state index in [2.05, 4.69) is 0 Å². The Morgan fingerprint density at radius 2 is 1.79 bits per heavy atom. The lowest BCUT2D eigenvalue weighted by Gasteiger charge is -2.18. The van der Waals surface area contributed by atoms with E-state index >= 15 is 0 Å². The normalized spacial score (nSPS) is 13.8. The number of benzene rings is 1. The zero-order chi connectivity index (χ0) is 17.8. The number of alkyl halides is 3. The summed E-state index contributed by atoms with van der Waals surface area (Å²) in [7, 11) is 0. The van der Waals surface area contributed by atoms with Gasteiger partial charge in [0.05, 0.1) is 27.4 Å². The standard InChI is InChI=1S/C14H7ClF3N3O3/c15-7-3-1-2-6(14(16,17)18)10(7)21-8(22)4-5-9(11(21)19)13(24)20-12(5)23/h1-4H,19H2,(H,20,23,24). The molecule has 10 heteroatoms. The van der Waals surface area contributed by atoms with Crippen molar-refractivity contribution in [2.75, 3.05) is 5.73 Å². The molecule has 6 nitrogen and oxygen atoms in total. The number of nitrogens with two attached hydrogens (primary N) is 1. The number of amides is 2. The van der Waals surface area contributed by atoms with E-state index in [0.29, 0.717) is 4.57 Å². The van der Waals surface area contributed by atoms with Gasteiger partial charge in [-0.1, -0.05) is 17.7 Å². The van der Waals surface area contributed by atoms with Gasteiger partial charge in [0.15, 0.2) is 0 Å². The van der Waals surface area contributed by atoms with Gasteiger partial charge >= 0.3 is 6.18 Å². The van der Waals surface area contributed by atoms with Gasteiger partial charge in [0.2, 0.25) is 0 Å². The summed E-state index contributed by atoms with van der Waals surface area (Å²) in [4.78, 5) is 35.6. The van der Waals surface area contributed by atoms with Crippen LogP contribution in [0.15, 0.2) is 29.1 Å². The number of anilines is 1.